The van der Waals surface area contributed by atoms with Gasteiger partial charge >= 0.3 is 0 Å². The fourth-order valence-corrected chi connectivity index (χ4v) is 6.16. The van der Waals surface area contributed by atoms with Gasteiger partial charge in [0, 0.05) is 29.8 Å². The lowest BCUT2D eigenvalue weighted by atomic mass is 10.0. The highest BCUT2D eigenvalue weighted by Crippen LogP contribution is 2.46. The van der Waals surface area contributed by atoms with E-state index >= 15 is 0 Å². The number of thioether (sulfide) groups is 1. The van der Waals surface area contributed by atoms with Crippen molar-refractivity contribution in [1.82, 2.24) is 4.90 Å². The number of aromatic hydroxyl groups is 1. The van der Waals surface area contributed by atoms with E-state index in [0.29, 0.717) is 11.9 Å². The van der Waals surface area contributed by atoms with Gasteiger partial charge in [-0.05, 0) is 54.5 Å². The van der Waals surface area contributed by atoms with E-state index in [9.17, 15) is 5.11 Å². The number of likely N-dealkylation sites (tertiary alicyclic amines) is 1. The average Bonchev–Trinajstić information content (AvgIpc) is 3.15. The summed E-state index contributed by atoms with van der Waals surface area (Å²) in [5.41, 5.74) is 1.19. The van der Waals surface area contributed by atoms with E-state index in [1.807, 2.05) is 12.1 Å². The lowest BCUT2D eigenvalue weighted by Crippen LogP contribution is -2.27. The van der Waals surface area contributed by atoms with Crippen LogP contribution in [0.1, 0.15) is 24.5 Å². The SMILES string of the molecule is Oc1ccc(C2OC2CN2CC3CC(Sc4ccccc4)C[C@@H]3C2)cc1. The topological polar surface area (TPSA) is 36.0 Å². The van der Waals surface area contributed by atoms with E-state index in [4.69, 9.17) is 4.74 Å². The van der Waals surface area contributed by atoms with Gasteiger partial charge in [0.25, 0.3) is 0 Å². The maximum atomic E-state index is 9.41. The van der Waals surface area contributed by atoms with Crippen molar-refractivity contribution in [1.29, 1.82) is 0 Å². The van der Waals surface area contributed by atoms with Crippen LogP contribution in [0, 0.1) is 11.8 Å². The predicted octanol–water partition coefficient (Wildman–Crippen LogP) is 4.33. The largest absolute Gasteiger partial charge is 0.508 e. The van der Waals surface area contributed by atoms with Gasteiger partial charge in [-0.25, -0.2) is 0 Å². The van der Waals surface area contributed by atoms with E-state index in [-0.39, 0.29) is 6.10 Å². The Hall–Kier alpha value is -1.49. The summed E-state index contributed by atoms with van der Waals surface area (Å²) < 4.78 is 5.90. The van der Waals surface area contributed by atoms with E-state index < -0.39 is 0 Å². The molecule has 0 radical (unpaired) electrons. The molecule has 2 saturated heterocycles. The van der Waals surface area contributed by atoms with Crippen molar-refractivity contribution in [2.24, 2.45) is 11.8 Å². The minimum absolute atomic E-state index is 0.220. The van der Waals surface area contributed by atoms with E-state index in [0.717, 1.165) is 23.6 Å². The summed E-state index contributed by atoms with van der Waals surface area (Å²) in [7, 11) is 0. The number of rotatable bonds is 5. The number of phenolic OH excluding ortho intramolecular Hbond substituents is 1. The molecule has 5 rings (SSSR count). The third-order valence-corrected chi connectivity index (χ3v) is 7.33. The third-order valence-electron chi connectivity index (χ3n) is 6.07. The summed E-state index contributed by atoms with van der Waals surface area (Å²) in [6, 6.07) is 18.3. The lowest BCUT2D eigenvalue weighted by Gasteiger charge is -2.17. The summed E-state index contributed by atoms with van der Waals surface area (Å²) in [5.74, 6) is 2.05. The molecule has 2 aliphatic heterocycles. The molecule has 3 nitrogen and oxygen atoms in total. The third kappa shape index (κ3) is 3.51. The van der Waals surface area contributed by atoms with Gasteiger partial charge in [-0.2, -0.15) is 0 Å². The summed E-state index contributed by atoms with van der Waals surface area (Å²) in [6.07, 6.45) is 3.26. The highest BCUT2D eigenvalue weighted by molar-refractivity contribution is 8.00. The Morgan fingerprint density at radius 3 is 2.35 bits per heavy atom. The van der Waals surface area contributed by atoms with E-state index in [2.05, 4.69) is 47.0 Å². The van der Waals surface area contributed by atoms with Crippen molar-refractivity contribution in [3.63, 3.8) is 0 Å². The fraction of sp³-hybridized carbons (Fsp3) is 0.455. The van der Waals surface area contributed by atoms with Gasteiger partial charge in [0.2, 0.25) is 0 Å². The van der Waals surface area contributed by atoms with Gasteiger partial charge in [0.15, 0.2) is 0 Å². The summed E-state index contributed by atoms with van der Waals surface area (Å²) in [6.45, 7) is 3.52. The van der Waals surface area contributed by atoms with Gasteiger partial charge in [-0.3, -0.25) is 0 Å². The zero-order chi connectivity index (χ0) is 17.5. The summed E-state index contributed by atoms with van der Waals surface area (Å²) >= 11 is 2.07. The van der Waals surface area contributed by atoms with Crippen LogP contribution in [0.15, 0.2) is 59.5 Å². The second-order valence-corrected chi connectivity index (χ2v) is 9.32. The maximum Gasteiger partial charge on any atom is 0.115 e. The summed E-state index contributed by atoms with van der Waals surface area (Å²) in [4.78, 5) is 4.03. The molecule has 3 aliphatic rings. The Morgan fingerprint density at radius 1 is 0.962 bits per heavy atom. The van der Waals surface area contributed by atoms with Gasteiger partial charge in [0.05, 0.1) is 0 Å². The van der Waals surface area contributed by atoms with Crippen LogP contribution in [0.3, 0.4) is 0 Å². The molecule has 1 aliphatic carbocycles. The quantitative estimate of drug-likeness (QED) is 0.798. The van der Waals surface area contributed by atoms with Crippen molar-refractivity contribution in [3.8, 4) is 5.75 Å². The van der Waals surface area contributed by atoms with Crippen LogP contribution in [0.4, 0.5) is 0 Å². The maximum absolute atomic E-state index is 9.41. The molecule has 0 amide bonds. The molecule has 2 aromatic carbocycles. The van der Waals surface area contributed by atoms with Crippen molar-refractivity contribution in [2.45, 2.75) is 35.2 Å². The molecule has 26 heavy (non-hydrogen) atoms. The molecule has 2 aromatic rings. The zero-order valence-electron chi connectivity index (χ0n) is 14.8. The van der Waals surface area contributed by atoms with Crippen LogP contribution in [0.5, 0.6) is 5.75 Å². The molecule has 136 valence electrons. The molecule has 0 aromatic heterocycles. The number of ether oxygens (including phenoxy) is 1. The standard InChI is InChI=1S/C22H25NO2S/c24-18-8-6-15(7-9-18)22-21(25-22)14-23-12-16-10-20(11-17(16)13-23)26-19-4-2-1-3-5-19/h1-9,16-17,20-22,24H,10-14H2/t16-,17?,20?,21?,22?/m1/s1. The van der Waals surface area contributed by atoms with Crippen LogP contribution in [0.25, 0.3) is 0 Å². The molecular formula is C22H25NO2S. The smallest absolute Gasteiger partial charge is 0.115 e. The molecule has 0 spiro atoms. The van der Waals surface area contributed by atoms with Crippen molar-refractivity contribution in [3.05, 3.63) is 60.2 Å². The second-order valence-electron chi connectivity index (χ2n) is 7.95. The van der Waals surface area contributed by atoms with Crippen molar-refractivity contribution < 1.29 is 9.84 Å². The fourth-order valence-electron chi connectivity index (χ4n) is 4.77. The Balaban J connectivity index is 1.10. The predicted molar refractivity (Wildman–Crippen MR) is 104 cm³/mol. The molecule has 2 heterocycles. The first-order chi connectivity index (χ1) is 12.7. The zero-order valence-corrected chi connectivity index (χ0v) is 15.6. The number of nitrogens with zero attached hydrogens (tertiary/aromatic N) is 1. The van der Waals surface area contributed by atoms with Gasteiger partial charge < -0.3 is 14.7 Å². The molecule has 1 N–H and O–H groups in total. The first-order valence-electron chi connectivity index (χ1n) is 9.63. The van der Waals surface area contributed by atoms with Crippen LogP contribution in [-0.2, 0) is 4.74 Å². The number of benzene rings is 2. The Bertz CT molecular complexity index is 736. The minimum Gasteiger partial charge on any atom is -0.508 e. The first kappa shape index (κ1) is 16.7. The molecule has 5 atom stereocenters. The molecule has 4 heteroatoms. The van der Waals surface area contributed by atoms with Crippen LogP contribution >= 0.6 is 11.8 Å². The normalized spacial score (nSPS) is 33.3. The van der Waals surface area contributed by atoms with E-state index in [1.165, 1.54) is 36.4 Å². The lowest BCUT2D eigenvalue weighted by molar-refractivity contribution is 0.267. The number of epoxide rings is 1. The molecule has 3 fully saturated rings. The van der Waals surface area contributed by atoms with Crippen molar-refractivity contribution in [2.75, 3.05) is 19.6 Å². The van der Waals surface area contributed by atoms with Gasteiger partial charge in [-0.15, -0.1) is 11.8 Å². The Kier molecular flexibility index (Phi) is 4.43. The van der Waals surface area contributed by atoms with Gasteiger partial charge in [0.1, 0.15) is 18.0 Å². The van der Waals surface area contributed by atoms with Crippen LogP contribution in [0.2, 0.25) is 0 Å². The highest BCUT2D eigenvalue weighted by Gasteiger charge is 2.46. The molecule has 1 saturated carbocycles. The first-order valence-corrected chi connectivity index (χ1v) is 10.5. The second kappa shape index (κ2) is 6.91. The Labute approximate surface area is 159 Å². The molecule has 4 unspecified atom stereocenters. The molecule has 0 bridgehead atoms. The number of fused-ring (bicyclic) bond motifs is 1. The van der Waals surface area contributed by atoms with Crippen LogP contribution in [-0.4, -0.2) is 41.0 Å². The van der Waals surface area contributed by atoms with E-state index in [1.54, 1.807) is 12.1 Å². The average molecular weight is 368 g/mol. The summed E-state index contributed by atoms with van der Waals surface area (Å²) in [5, 5.41) is 10.2. The highest BCUT2D eigenvalue weighted by atomic mass is 32.2. The molecular weight excluding hydrogens is 342 g/mol. The number of hydrogen-bond acceptors (Lipinski definition) is 4. The number of phenols is 1. The minimum atomic E-state index is 0.220. The number of hydrogen-bond donors (Lipinski definition) is 1. The van der Waals surface area contributed by atoms with Crippen molar-refractivity contribution >= 4 is 11.8 Å². The van der Waals surface area contributed by atoms with Gasteiger partial charge in [-0.1, -0.05) is 30.3 Å². The van der Waals surface area contributed by atoms with Crippen LogP contribution < -0.4 is 0 Å². The Morgan fingerprint density at radius 2 is 1.65 bits per heavy atom. The monoisotopic (exact) mass is 367 g/mol.